The maximum Gasteiger partial charge on any atom is 0.251 e. The highest BCUT2D eigenvalue weighted by molar-refractivity contribution is 7.91. The van der Waals surface area contributed by atoms with Gasteiger partial charge in [0.25, 0.3) is 5.91 Å². The van der Waals surface area contributed by atoms with E-state index in [9.17, 15) is 18.0 Å². The van der Waals surface area contributed by atoms with E-state index in [-0.39, 0.29) is 43.0 Å². The van der Waals surface area contributed by atoms with Crippen LogP contribution in [0.1, 0.15) is 10.4 Å². The van der Waals surface area contributed by atoms with Crippen LogP contribution in [0.4, 0.5) is 0 Å². The van der Waals surface area contributed by atoms with Crippen LogP contribution in [0.3, 0.4) is 0 Å². The number of rotatable bonds is 4. The van der Waals surface area contributed by atoms with Gasteiger partial charge in [-0.1, -0.05) is 0 Å². The van der Waals surface area contributed by atoms with E-state index in [0.29, 0.717) is 5.56 Å². The highest BCUT2D eigenvalue weighted by Gasteiger charge is 2.25. The van der Waals surface area contributed by atoms with Crippen molar-refractivity contribution >= 4 is 21.7 Å². The Balaban J connectivity index is 1.53. The summed E-state index contributed by atoms with van der Waals surface area (Å²) in [5, 5.41) is 6.67. The maximum absolute atomic E-state index is 12.1. The first-order valence-corrected chi connectivity index (χ1v) is 9.63. The molecule has 2 heterocycles. The van der Waals surface area contributed by atoms with Crippen LogP contribution in [-0.2, 0) is 14.6 Å². The SMILES string of the molecule is O=C(NCC(=O)N1CCS(=O)(=O)CC1)c1ccc(-n2cccn2)cc1. The van der Waals surface area contributed by atoms with Gasteiger partial charge in [0.15, 0.2) is 9.84 Å². The lowest BCUT2D eigenvalue weighted by molar-refractivity contribution is -0.129. The number of carbonyl (C=O) groups is 2. The second-order valence-corrected chi connectivity index (χ2v) is 8.02. The van der Waals surface area contributed by atoms with E-state index < -0.39 is 9.84 Å². The highest BCUT2D eigenvalue weighted by Crippen LogP contribution is 2.09. The Bertz CT molecular complexity index is 846. The summed E-state index contributed by atoms with van der Waals surface area (Å²) in [6, 6.07) is 8.64. The van der Waals surface area contributed by atoms with Gasteiger partial charge in [-0.3, -0.25) is 9.59 Å². The lowest BCUT2D eigenvalue weighted by Crippen LogP contribution is -2.47. The number of hydrogen-bond acceptors (Lipinski definition) is 5. The number of aromatic nitrogens is 2. The minimum absolute atomic E-state index is 0.0262. The fraction of sp³-hybridized carbons (Fsp3) is 0.312. The van der Waals surface area contributed by atoms with Gasteiger partial charge in [0, 0.05) is 31.0 Å². The first-order valence-electron chi connectivity index (χ1n) is 7.81. The van der Waals surface area contributed by atoms with Gasteiger partial charge in [-0.15, -0.1) is 0 Å². The summed E-state index contributed by atoms with van der Waals surface area (Å²) in [4.78, 5) is 25.7. The third-order valence-electron chi connectivity index (χ3n) is 4.00. The number of benzene rings is 1. The van der Waals surface area contributed by atoms with Crippen LogP contribution < -0.4 is 5.32 Å². The summed E-state index contributed by atoms with van der Waals surface area (Å²) in [5.74, 6) is -0.690. The zero-order chi connectivity index (χ0) is 17.9. The molecule has 1 aliphatic heterocycles. The molecule has 9 heteroatoms. The van der Waals surface area contributed by atoms with E-state index in [1.807, 2.05) is 0 Å². The van der Waals surface area contributed by atoms with Crippen molar-refractivity contribution < 1.29 is 18.0 Å². The second-order valence-electron chi connectivity index (χ2n) is 5.71. The number of hydrogen-bond donors (Lipinski definition) is 1. The lowest BCUT2D eigenvalue weighted by atomic mass is 10.2. The van der Waals surface area contributed by atoms with Crippen LogP contribution in [0.2, 0.25) is 0 Å². The Morgan fingerprint density at radius 2 is 1.80 bits per heavy atom. The average Bonchev–Trinajstić information content (AvgIpc) is 3.14. The van der Waals surface area contributed by atoms with Gasteiger partial charge in [-0.25, -0.2) is 13.1 Å². The summed E-state index contributed by atoms with van der Waals surface area (Å²) in [6.45, 7) is 0.199. The summed E-state index contributed by atoms with van der Waals surface area (Å²) in [7, 11) is -3.03. The van der Waals surface area contributed by atoms with E-state index in [4.69, 9.17) is 0 Å². The molecule has 1 saturated heterocycles. The molecule has 1 N–H and O–H groups in total. The molecule has 1 aliphatic rings. The second kappa shape index (κ2) is 7.06. The molecule has 1 fully saturated rings. The Kier molecular flexibility index (Phi) is 4.84. The zero-order valence-corrected chi connectivity index (χ0v) is 14.3. The summed E-state index contributed by atoms with van der Waals surface area (Å²) in [6.07, 6.45) is 3.46. The molecular weight excluding hydrogens is 344 g/mol. The molecule has 2 amide bonds. The lowest BCUT2D eigenvalue weighted by Gasteiger charge is -2.26. The van der Waals surface area contributed by atoms with Crippen molar-refractivity contribution in [3.63, 3.8) is 0 Å². The Morgan fingerprint density at radius 1 is 1.12 bits per heavy atom. The third kappa shape index (κ3) is 4.24. The molecule has 8 nitrogen and oxygen atoms in total. The van der Waals surface area contributed by atoms with Crippen LogP contribution in [0, 0.1) is 0 Å². The first-order chi connectivity index (χ1) is 11.9. The molecule has 0 saturated carbocycles. The van der Waals surface area contributed by atoms with E-state index in [0.717, 1.165) is 5.69 Å². The van der Waals surface area contributed by atoms with E-state index >= 15 is 0 Å². The van der Waals surface area contributed by atoms with Crippen molar-refractivity contribution in [1.82, 2.24) is 20.0 Å². The molecule has 0 atom stereocenters. The van der Waals surface area contributed by atoms with Crippen molar-refractivity contribution in [2.24, 2.45) is 0 Å². The van der Waals surface area contributed by atoms with Crippen molar-refractivity contribution in [3.05, 3.63) is 48.3 Å². The number of sulfone groups is 1. The van der Waals surface area contributed by atoms with Crippen molar-refractivity contribution in [2.45, 2.75) is 0 Å². The van der Waals surface area contributed by atoms with Crippen LogP contribution in [0.5, 0.6) is 0 Å². The zero-order valence-electron chi connectivity index (χ0n) is 13.5. The molecule has 0 bridgehead atoms. The van der Waals surface area contributed by atoms with Gasteiger partial charge in [-0.2, -0.15) is 5.10 Å². The smallest absolute Gasteiger partial charge is 0.251 e. The quantitative estimate of drug-likeness (QED) is 0.816. The minimum Gasteiger partial charge on any atom is -0.343 e. The molecule has 2 aromatic rings. The van der Waals surface area contributed by atoms with Crippen LogP contribution >= 0.6 is 0 Å². The summed E-state index contributed by atoms with van der Waals surface area (Å²) in [5.41, 5.74) is 1.26. The molecule has 132 valence electrons. The molecule has 25 heavy (non-hydrogen) atoms. The van der Waals surface area contributed by atoms with E-state index in [1.165, 1.54) is 4.90 Å². The van der Waals surface area contributed by atoms with Crippen molar-refractivity contribution in [3.8, 4) is 5.69 Å². The normalized spacial score (nSPS) is 16.4. The maximum atomic E-state index is 12.1. The summed E-state index contributed by atoms with van der Waals surface area (Å²) >= 11 is 0. The molecular formula is C16H18N4O4S. The molecule has 3 rings (SSSR count). The molecule has 1 aromatic heterocycles. The molecule has 0 radical (unpaired) electrons. The van der Waals surface area contributed by atoms with Crippen LogP contribution in [-0.4, -0.2) is 66.1 Å². The topological polar surface area (TPSA) is 101 Å². The third-order valence-corrected chi connectivity index (χ3v) is 5.60. The fourth-order valence-electron chi connectivity index (χ4n) is 2.52. The Labute approximate surface area is 145 Å². The van der Waals surface area contributed by atoms with Crippen LogP contribution in [0.15, 0.2) is 42.7 Å². The number of nitrogens with one attached hydrogen (secondary N) is 1. The van der Waals surface area contributed by atoms with Crippen molar-refractivity contribution in [2.75, 3.05) is 31.1 Å². The predicted molar refractivity (Wildman–Crippen MR) is 91.1 cm³/mol. The van der Waals surface area contributed by atoms with E-state index in [2.05, 4.69) is 10.4 Å². The molecule has 0 spiro atoms. The van der Waals surface area contributed by atoms with Gasteiger partial charge in [0.1, 0.15) is 0 Å². The Morgan fingerprint density at radius 3 is 2.40 bits per heavy atom. The largest absolute Gasteiger partial charge is 0.343 e. The van der Waals surface area contributed by atoms with Crippen LogP contribution in [0.25, 0.3) is 5.69 Å². The van der Waals surface area contributed by atoms with Gasteiger partial charge in [0.05, 0.1) is 23.7 Å². The van der Waals surface area contributed by atoms with Crippen molar-refractivity contribution in [1.29, 1.82) is 0 Å². The number of amides is 2. The molecule has 0 aliphatic carbocycles. The molecule has 1 aromatic carbocycles. The minimum atomic E-state index is -3.03. The number of nitrogens with zero attached hydrogens (tertiary/aromatic N) is 3. The van der Waals surface area contributed by atoms with Gasteiger partial charge in [0.2, 0.25) is 5.91 Å². The number of carbonyl (C=O) groups excluding carboxylic acids is 2. The monoisotopic (exact) mass is 362 g/mol. The Hall–Kier alpha value is -2.68. The van der Waals surface area contributed by atoms with Gasteiger partial charge < -0.3 is 10.2 Å². The standard InChI is InChI=1S/C16H18N4O4S/c21-15(19-8-10-25(23,24)11-9-19)12-17-16(22)13-2-4-14(5-3-13)20-7-1-6-18-20/h1-7H,8-12H2,(H,17,22). The highest BCUT2D eigenvalue weighted by atomic mass is 32.2. The predicted octanol–water partition coefficient (Wildman–Crippen LogP) is -0.141. The van der Waals surface area contributed by atoms with Gasteiger partial charge in [-0.05, 0) is 30.3 Å². The van der Waals surface area contributed by atoms with E-state index in [1.54, 1.807) is 47.4 Å². The summed E-state index contributed by atoms with van der Waals surface area (Å²) < 4.78 is 24.4. The molecule has 0 unspecified atom stereocenters. The fourth-order valence-corrected chi connectivity index (χ4v) is 3.72. The van der Waals surface area contributed by atoms with Gasteiger partial charge >= 0.3 is 0 Å². The average molecular weight is 362 g/mol. The first kappa shape index (κ1) is 17.2.